The molecule has 23 heavy (non-hydrogen) atoms. The Labute approximate surface area is 139 Å². The number of carbonyl (C=O) groups excluding carboxylic acids is 1. The summed E-state index contributed by atoms with van der Waals surface area (Å²) >= 11 is 0. The van der Waals surface area contributed by atoms with Crippen molar-refractivity contribution in [2.24, 2.45) is 0 Å². The number of rotatable bonds is 6. The van der Waals surface area contributed by atoms with E-state index in [4.69, 9.17) is 0 Å². The summed E-state index contributed by atoms with van der Waals surface area (Å²) in [5, 5.41) is 2.79. The fourth-order valence-electron chi connectivity index (χ4n) is 2.27. The maximum atomic E-state index is 12.0. The van der Waals surface area contributed by atoms with Gasteiger partial charge in [0.1, 0.15) is 0 Å². The number of anilines is 2. The van der Waals surface area contributed by atoms with Crippen LogP contribution < -0.4 is 10.2 Å². The number of carbonyl (C=O) groups is 1. The van der Waals surface area contributed by atoms with Gasteiger partial charge in [-0.15, -0.1) is 0 Å². The zero-order valence-electron chi connectivity index (χ0n) is 14.8. The number of sulfonamides is 1. The summed E-state index contributed by atoms with van der Waals surface area (Å²) in [7, 11) is 0.530. The van der Waals surface area contributed by atoms with Gasteiger partial charge in [0.15, 0.2) is 0 Å². The van der Waals surface area contributed by atoms with Gasteiger partial charge in [-0.25, -0.2) is 8.42 Å². The van der Waals surface area contributed by atoms with Crippen molar-refractivity contribution in [3.05, 3.63) is 24.3 Å². The number of hydrogen-bond donors (Lipinski definition) is 1. The fourth-order valence-corrected chi connectivity index (χ4v) is 3.69. The fraction of sp³-hybridized carbons (Fsp3) is 0.562. The largest absolute Gasteiger partial charge is 0.378 e. The maximum Gasteiger partial charge on any atom is 0.225 e. The van der Waals surface area contributed by atoms with Crippen LogP contribution in [0.2, 0.25) is 0 Å². The highest BCUT2D eigenvalue weighted by Crippen LogP contribution is 2.19. The van der Waals surface area contributed by atoms with Gasteiger partial charge < -0.3 is 10.2 Å². The summed E-state index contributed by atoms with van der Waals surface area (Å²) in [5.74, 6) is -0.208. The summed E-state index contributed by atoms with van der Waals surface area (Å²) in [6, 6.07) is 7.47. The van der Waals surface area contributed by atoms with Gasteiger partial charge in [-0.3, -0.25) is 4.79 Å². The van der Waals surface area contributed by atoms with E-state index in [1.807, 2.05) is 64.0 Å². The van der Waals surface area contributed by atoms with Gasteiger partial charge in [0, 0.05) is 44.0 Å². The molecule has 0 fully saturated rings. The highest BCUT2D eigenvalue weighted by molar-refractivity contribution is 7.88. The minimum absolute atomic E-state index is 0.111. The van der Waals surface area contributed by atoms with Crippen molar-refractivity contribution in [2.45, 2.75) is 32.7 Å². The van der Waals surface area contributed by atoms with E-state index in [-0.39, 0.29) is 18.9 Å². The van der Waals surface area contributed by atoms with E-state index in [0.717, 1.165) is 11.9 Å². The lowest BCUT2D eigenvalue weighted by molar-refractivity contribution is -0.116. The molecule has 130 valence electrons. The molecule has 6 nitrogen and oxygen atoms in total. The van der Waals surface area contributed by atoms with E-state index in [9.17, 15) is 13.2 Å². The zero-order valence-corrected chi connectivity index (χ0v) is 15.6. The molecule has 0 aliphatic rings. The Morgan fingerprint density at radius 2 is 1.65 bits per heavy atom. The molecular formula is C16H27N3O3S. The Morgan fingerprint density at radius 3 is 2.04 bits per heavy atom. The van der Waals surface area contributed by atoms with Crippen LogP contribution in [0.25, 0.3) is 0 Å². The van der Waals surface area contributed by atoms with E-state index in [1.54, 1.807) is 0 Å². The van der Waals surface area contributed by atoms with Gasteiger partial charge in [-0.1, -0.05) is 0 Å². The Hall–Kier alpha value is -1.60. The smallest absolute Gasteiger partial charge is 0.225 e. The molecular weight excluding hydrogens is 314 g/mol. The number of amides is 1. The lowest BCUT2D eigenvalue weighted by atomic mass is 10.1. The van der Waals surface area contributed by atoms with Crippen LogP contribution >= 0.6 is 0 Å². The first-order chi connectivity index (χ1) is 10.4. The Balaban J connectivity index is 2.66. The summed E-state index contributed by atoms with van der Waals surface area (Å²) in [4.78, 5) is 14.0. The second-order valence-corrected chi connectivity index (χ2v) is 8.65. The lowest BCUT2D eigenvalue weighted by Crippen LogP contribution is -2.46. The molecule has 1 aromatic carbocycles. The van der Waals surface area contributed by atoms with Crippen molar-refractivity contribution in [3.63, 3.8) is 0 Å². The Kier molecular flexibility index (Phi) is 6.18. The van der Waals surface area contributed by atoms with Crippen molar-refractivity contribution >= 4 is 27.3 Å². The van der Waals surface area contributed by atoms with Crippen LogP contribution in [0.4, 0.5) is 11.4 Å². The van der Waals surface area contributed by atoms with E-state index in [0.29, 0.717) is 5.69 Å². The quantitative estimate of drug-likeness (QED) is 0.861. The van der Waals surface area contributed by atoms with Crippen molar-refractivity contribution in [1.82, 2.24) is 4.31 Å². The first-order valence-corrected chi connectivity index (χ1v) is 9.31. The predicted octanol–water partition coefficient (Wildman–Crippen LogP) is 2.14. The van der Waals surface area contributed by atoms with Gasteiger partial charge >= 0.3 is 0 Å². The number of benzene rings is 1. The van der Waals surface area contributed by atoms with Crippen LogP contribution in [0.15, 0.2) is 24.3 Å². The van der Waals surface area contributed by atoms with Crippen LogP contribution in [0.5, 0.6) is 0 Å². The molecule has 0 heterocycles. The van der Waals surface area contributed by atoms with E-state index in [1.165, 1.54) is 4.31 Å². The molecule has 0 unspecified atom stereocenters. The van der Waals surface area contributed by atoms with E-state index < -0.39 is 15.6 Å². The van der Waals surface area contributed by atoms with Crippen molar-refractivity contribution in [2.75, 3.05) is 37.1 Å². The zero-order chi connectivity index (χ0) is 17.8. The molecule has 7 heteroatoms. The van der Waals surface area contributed by atoms with Gasteiger partial charge in [0.2, 0.25) is 15.9 Å². The van der Waals surface area contributed by atoms with Crippen LogP contribution in [0.1, 0.15) is 27.2 Å². The first-order valence-electron chi connectivity index (χ1n) is 7.46. The summed E-state index contributed by atoms with van der Waals surface area (Å²) in [6.45, 7) is 5.59. The molecule has 0 bridgehead atoms. The van der Waals surface area contributed by atoms with Crippen LogP contribution in [0, 0.1) is 0 Å². The molecule has 1 N–H and O–H groups in total. The summed E-state index contributed by atoms with van der Waals surface area (Å²) in [6.07, 6.45) is 1.27. The SMILES string of the molecule is CN(C)c1ccc(NC(=O)CCN(C(C)(C)C)S(C)(=O)=O)cc1. The normalized spacial score (nSPS) is 12.3. The predicted molar refractivity (Wildman–Crippen MR) is 95.3 cm³/mol. The monoisotopic (exact) mass is 341 g/mol. The third-order valence-electron chi connectivity index (χ3n) is 3.36. The van der Waals surface area contributed by atoms with Gasteiger partial charge in [-0.05, 0) is 45.0 Å². The second-order valence-electron chi connectivity index (χ2n) is 6.75. The highest BCUT2D eigenvalue weighted by atomic mass is 32.2. The topological polar surface area (TPSA) is 69.7 Å². The maximum absolute atomic E-state index is 12.0. The standard InChI is InChI=1S/C16H27N3O3S/c1-16(2,3)19(23(6,21)22)12-11-15(20)17-13-7-9-14(10-8-13)18(4)5/h7-10H,11-12H2,1-6H3,(H,17,20). The molecule has 0 aromatic heterocycles. The summed E-state index contributed by atoms with van der Waals surface area (Å²) in [5.41, 5.74) is 1.18. The minimum atomic E-state index is -3.36. The average molecular weight is 341 g/mol. The molecule has 0 atom stereocenters. The summed E-state index contributed by atoms with van der Waals surface area (Å²) < 4.78 is 25.0. The van der Waals surface area contributed by atoms with Crippen molar-refractivity contribution in [3.8, 4) is 0 Å². The molecule has 1 aromatic rings. The minimum Gasteiger partial charge on any atom is -0.378 e. The molecule has 1 rings (SSSR count). The molecule has 0 radical (unpaired) electrons. The van der Waals surface area contributed by atoms with Gasteiger partial charge in [0.25, 0.3) is 0 Å². The Bertz CT molecular complexity index is 632. The van der Waals surface area contributed by atoms with Crippen LogP contribution in [-0.4, -0.2) is 51.1 Å². The number of nitrogens with one attached hydrogen (secondary N) is 1. The number of nitrogens with zero attached hydrogens (tertiary/aromatic N) is 2. The molecule has 0 saturated carbocycles. The average Bonchev–Trinajstić information content (AvgIpc) is 2.36. The van der Waals surface area contributed by atoms with Crippen LogP contribution in [0.3, 0.4) is 0 Å². The number of hydrogen-bond acceptors (Lipinski definition) is 4. The van der Waals surface area contributed by atoms with E-state index >= 15 is 0 Å². The molecule has 1 amide bonds. The lowest BCUT2D eigenvalue weighted by Gasteiger charge is -2.33. The third-order valence-corrected chi connectivity index (χ3v) is 4.89. The van der Waals surface area contributed by atoms with Gasteiger partial charge in [-0.2, -0.15) is 4.31 Å². The first kappa shape index (κ1) is 19.4. The van der Waals surface area contributed by atoms with Gasteiger partial charge in [0.05, 0.1) is 6.26 Å². The molecule has 0 spiro atoms. The van der Waals surface area contributed by atoms with Crippen molar-refractivity contribution < 1.29 is 13.2 Å². The Morgan fingerprint density at radius 1 is 1.13 bits per heavy atom. The molecule has 0 aliphatic carbocycles. The molecule has 0 saturated heterocycles. The second kappa shape index (κ2) is 7.31. The van der Waals surface area contributed by atoms with Crippen molar-refractivity contribution in [1.29, 1.82) is 0 Å². The highest BCUT2D eigenvalue weighted by Gasteiger charge is 2.29. The molecule has 0 aliphatic heterocycles. The third kappa shape index (κ3) is 6.19. The van der Waals surface area contributed by atoms with E-state index in [2.05, 4.69) is 5.32 Å². The van der Waals surface area contributed by atoms with Crippen LogP contribution in [-0.2, 0) is 14.8 Å².